The number of hydroxylamine groups is 2. The van der Waals surface area contributed by atoms with Gasteiger partial charge in [-0.05, 0) is 0 Å². The molecule has 0 saturated carbocycles. The molecule has 0 radical (unpaired) electrons. The molecule has 4 heterocycles. The molecule has 0 unspecified atom stereocenters. The average Bonchev–Trinajstić information content (AvgIpc) is 3.54. The Balaban J connectivity index is 1.24. The summed E-state index contributed by atoms with van der Waals surface area (Å²) in [5.74, 6) is -0.832. The molecule has 4 saturated heterocycles. The van der Waals surface area contributed by atoms with E-state index in [9.17, 15) is 14.4 Å². The zero-order valence-electron chi connectivity index (χ0n) is 20.5. The molecule has 192 valence electrons. The Morgan fingerprint density at radius 1 is 0.763 bits per heavy atom. The van der Waals surface area contributed by atoms with Gasteiger partial charge < -0.3 is 0 Å². The fourth-order valence-corrected chi connectivity index (χ4v) is 8.56. The summed E-state index contributed by atoms with van der Waals surface area (Å²) < 4.78 is 6.53. The normalized spacial score (nSPS) is 29.8. The first-order chi connectivity index (χ1) is 18.6. The topological polar surface area (TPSA) is 79.4 Å². The van der Waals surface area contributed by atoms with Crippen molar-refractivity contribution in [1.82, 2.24) is 5.06 Å². The number of hydrogen-bond acceptors (Lipinski definition) is 6. The molecular weight excluding hydrogens is 549 g/mol. The van der Waals surface area contributed by atoms with Crippen molar-refractivity contribution in [2.75, 3.05) is 16.9 Å². The number of imide groups is 1. The summed E-state index contributed by atoms with van der Waals surface area (Å²) in [7, 11) is 1.60. The van der Waals surface area contributed by atoms with Crippen LogP contribution in [0.1, 0.15) is 0 Å². The number of nitrogens with zero attached hydrogens (tertiary/aromatic N) is 3. The molecule has 9 heteroatoms. The van der Waals surface area contributed by atoms with E-state index in [1.54, 1.807) is 36.3 Å². The van der Waals surface area contributed by atoms with Gasteiger partial charge in [-0.25, -0.2) is 0 Å². The number of carbonyl (C=O) groups excluding carboxylic acids is 3. The van der Waals surface area contributed by atoms with Gasteiger partial charge >= 0.3 is 227 Å². The van der Waals surface area contributed by atoms with Crippen LogP contribution < -0.4 is 19.0 Å². The second-order valence-electron chi connectivity index (χ2n) is 9.86. The number of anilines is 2. The Morgan fingerprint density at radius 3 is 2.13 bits per heavy atom. The van der Waals surface area contributed by atoms with E-state index in [4.69, 9.17) is 9.57 Å². The monoisotopic (exact) mass is 575 g/mol. The van der Waals surface area contributed by atoms with Gasteiger partial charge in [0.2, 0.25) is 0 Å². The van der Waals surface area contributed by atoms with Crippen molar-refractivity contribution in [3.63, 3.8) is 0 Å². The van der Waals surface area contributed by atoms with E-state index < -0.39 is 18.1 Å². The van der Waals surface area contributed by atoms with Gasteiger partial charge in [-0.3, -0.25) is 0 Å². The van der Waals surface area contributed by atoms with Gasteiger partial charge in [0, 0.05) is 0 Å². The number of para-hydroxylation sites is 1. The van der Waals surface area contributed by atoms with Gasteiger partial charge in [0.05, 0.1) is 0 Å². The van der Waals surface area contributed by atoms with Crippen LogP contribution in [-0.2, 0) is 19.2 Å². The van der Waals surface area contributed by atoms with E-state index in [2.05, 4.69) is 12.1 Å². The summed E-state index contributed by atoms with van der Waals surface area (Å²) in [6, 6.07) is 25.7. The first-order valence-corrected chi connectivity index (χ1v) is 14.7. The predicted molar refractivity (Wildman–Crippen MR) is 141 cm³/mol. The second-order valence-corrected chi connectivity index (χ2v) is 12.2. The van der Waals surface area contributed by atoms with Crippen LogP contribution in [0.2, 0.25) is 5.32 Å². The summed E-state index contributed by atoms with van der Waals surface area (Å²) in [5.41, 5.74) is 1.30. The maximum atomic E-state index is 13.8. The molecule has 0 aliphatic carbocycles. The van der Waals surface area contributed by atoms with E-state index in [0.29, 0.717) is 11.4 Å². The Labute approximate surface area is 226 Å². The molecule has 7 rings (SSSR count). The number of ether oxygens (including phenoxy) is 1. The van der Waals surface area contributed by atoms with Crippen molar-refractivity contribution in [1.29, 1.82) is 0 Å². The number of β-lactam (4-membered cyclic amide) rings is 1. The van der Waals surface area contributed by atoms with Crippen molar-refractivity contribution in [3.05, 3.63) is 84.9 Å². The third-order valence-electron chi connectivity index (χ3n) is 8.00. The molecule has 6 atom stereocenters. The first-order valence-electron chi connectivity index (χ1n) is 12.6. The van der Waals surface area contributed by atoms with E-state index in [-0.39, 0.29) is 50.7 Å². The zero-order valence-corrected chi connectivity index (χ0v) is 22.3. The molecule has 3 amide bonds. The maximum absolute atomic E-state index is 13.8. The standard InChI is InChI=1S/C29H25N3O5Se/c1-36-19-14-12-18(13-15-19)30-24-22(27(30)33)21(16-38-20-10-6-3-7-11-20)32-25(24)23-26(37-32)29(35)31(28(23)34)17-8-4-2-5-9-17/h2-15,21-26H,16H2,1H3/t21-,22-,23-,24-,25+,26+/m1/s1. The third kappa shape index (κ3) is 3.39. The Kier molecular flexibility index (Phi) is 5.63. The molecule has 38 heavy (non-hydrogen) atoms. The molecule has 4 fully saturated rings. The molecule has 4 aliphatic heterocycles. The van der Waals surface area contributed by atoms with Crippen molar-refractivity contribution in [3.8, 4) is 5.75 Å². The first kappa shape index (κ1) is 23.6. The molecule has 3 aromatic rings. The Morgan fingerprint density at radius 2 is 1.45 bits per heavy atom. The van der Waals surface area contributed by atoms with Crippen molar-refractivity contribution >= 4 is 48.5 Å². The number of fused-ring (bicyclic) bond motifs is 5. The molecule has 3 aromatic carbocycles. The minimum absolute atomic E-state index is 0.0280. The van der Waals surface area contributed by atoms with Crippen LogP contribution in [-0.4, -0.2) is 69.1 Å². The van der Waals surface area contributed by atoms with E-state index >= 15 is 0 Å². The summed E-state index contributed by atoms with van der Waals surface area (Å²) in [4.78, 5) is 50.3. The number of benzene rings is 3. The van der Waals surface area contributed by atoms with E-state index in [1.165, 1.54) is 9.36 Å². The van der Waals surface area contributed by atoms with Gasteiger partial charge in [0.25, 0.3) is 0 Å². The summed E-state index contributed by atoms with van der Waals surface area (Å²) in [5, 5.41) is 2.59. The van der Waals surface area contributed by atoms with Gasteiger partial charge in [0.1, 0.15) is 0 Å². The molecule has 8 nitrogen and oxygen atoms in total. The summed E-state index contributed by atoms with van der Waals surface area (Å²) in [6.07, 6.45) is -0.881. The van der Waals surface area contributed by atoms with Crippen LogP contribution >= 0.6 is 0 Å². The Hall–Kier alpha value is -3.49. The summed E-state index contributed by atoms with van der Waals surface area (Å²) in [6.45, 7) is 0. The van der Waals surface area contributed by atoms with Crippen LogP contribution in [0.25, 0.3) is 0 Å². The van der Waals surface area contributed by atoms with Gasteiger partial charge in [-0.15, -0.1) is 0 Å². The van der Waals surface area contributed by atoms with Crippen LogP contribution in [0.3, 0.4) is 0 Å². The zero-order chi connectivity index (χ0) is 26.0. The fourth-order valence-electron chi connectivity index (χ4n) is 6.32. The molecule has 0 spiro atoms. The van der Waals surface area contributed by atoms with Gasteiger partial charge in [0.15, 0.2) is 0 Å². The van der Waals surface area contributed by atoms with E-state index in [1.807, 2.05) is 53.6 Å². The van der Waals surface area contributed by atoms with Crippen LogP contribution in [0.15, 0.2) is 84.9 Å². The number of rotatable bonds is 6. The van der Waals surface area contributed by atoms with E-state index in [0.717, 1.165) is 11.0 Å². The molecule has 0 N–H and O–H groups in total. The number of hydrogen-bond donors (Lipinski definition) is 0. The van der Waals surface area contributed by atoms with Crippen LogP contribution in [0, 0.1) is 11.8 Å². The molecular formula is C29H25N3O5Se. The third-order valence-corrected chi connectivity index (χ3v) is 10.3. The number of amides is 3. The number of methoxy groups -OCH3 is 1. The Bertz CT molecular complexity index is 1400. The second kappa shape index (κ2) is 9.06. The molecule has 0 aromatic heterocycles. The number of carbonyl (C=O) groups is 3. The SMILES string of the molecule is COc1ccc(N2C(=O)[C@H]3[C@@H]2[C@@H]2[C@H]4C(=O)N(c5ccccc5)C(=O)[C@H]4ON2[C@@H]3C[Se]c2ccccc2)cc1. The average molecular weight is 574 g/mol. The van der Waals surface area contributed by atoms with Gasteiger partial charge in [-0.2, -0.15) is 0 Å². The minimum atomic E-state index is -0.881. The van der Waals surface area contributed by atoms with Gasteiger partial charge in [-0.1, -0.05) is 0 Å². The van der Waals surface area contributed by atoms with Crippen molar-refractivity contribution in [2.24, 2.45) is 11.8 Å². The predicted octanol–water partition coefficient (Wildman–Crippen LogP) is 2.03. The van der Waals surface area contributed by atoms with Crippen molar-refractivity contribution < 1.29 is 24.0 Å². The fraction of sp³-hybridized carbons (Fsp3) is 0.276. The quantitative estimate of drug-likeness (QED) is 0.255. The van der Waals surface area contributed by atoms with Crippen LogP contribution in [0.4, 0.5) is 11.4 Å². The van der Waals surface area contributed by atoms with Crippen LogP contribution in [0.5, 0.6) is 5.75 Å². The molecule has 4 aliphatic rings. The summed E-state index contributed by atoms with van der Waals surface area (Å²) >= 11 is 0.108. The molecule has 0 bridgehead atoms. The van der Waals surface area contributed by atoms with Crippen molar-refractivity contribution in [2.45, 2.75) is 29.5 Å².